The molecule has 0 N–H and O–H groups in total. The van der Waals surface area contributed by atoms with Gasteiger partial charge in [0.15, 0.2) is 0 Å². The number of benzene rings is 2. The number of hydrogen-bond acceptors (Lipinski definition) is 0. The molecule has 0 aliphatic heterocycles. The van der Waals surface area contributed by atoms with Crippen LogP contribution in [0.1, 0.15) is 11.1 Å². The predicted octanol–water partition coefficient (Wildman–Crippen LogP) is 1.42. The first-order valence-electron chi connectivity index (χ1n) is 5.36. The zero-order valence-corrected chi connectivity index (χ0v) is 10.7. The van der Waals surface area contributed by atoms with E-state index in [2.05, 4.69) is 62.4 Å². The van der Waals surface area contributed by atoms with Crippen molar-refractivity contribution in [3.8, 4) is 0 Å². The van der Waals surface area contributed by atoms with Crippen molar-refractivity contribution >= 4 is 19.9 Å². The third-order valence-electron chi connectivity index (χ3n) is 2.95. The fourth-order valence-electron chi connectivity index (χ4n) is 1.82. The molecule has 0 radical (unpaired) electrons. The summed E-state index contributed by atoms with van der Waals surface area (Å²) in [6.07, 6.45) is 0. The van der Waals surface area contributed by atoms with E-state index in [0.29, 0.717) is 0 Å². The molecule has 0 unspecified atom stereocenters. The lowest BCUT2D eigenvalue weighted by Gasteiger charge is -2.07. The minimum Gasteiger partial charge on any atom is -0.0633 e. The second-order valence-electron chi connectivity index (χ2n) is 4.02. The highest BCUT2D eigenvalue weighted by Crippen LogP contribution is 2.01. The lowest BCUT2D eigenvalue weighted by molar-refractivity contribution is 1.37. The van der Waals surface area contributed by atoms with E-state index in [1.165, 1.54) is 16.3 Å². The van der Waals surface area contributed by atoms with Gasteiger partial charge in [-0.1, -0.05) is 58.9 Å². The number of aryl methyl sites for hydroxylation is 1. The molecule has 0 saturated heterocycles. The molecule has 0 aliphatic carbocycles. The molecule has 2 rings (SSSR count). The van der Waals surface area contributed by atoms with Gasteiger partial charge in [0, 0.05) is 0 Å². The maximum atomic E-state index is 2.28. The average molecular weight is 212 g/mol. The van der Waals surface area contributed by atoms with Crippen molar-refractivity contribution in [2.45, 2.75) is 13.8 Å². The quantitative estimate of drug-likeness (QED) is 0.661. The van der Waals surface area contributed by atoms with Crippen molar-refractivity contribution in [2.75, 3.05) is 0 Å². The maximum absolute atomic E-state index is 2.28. The van der Waals surface area contributed by atoms with Crippen LogP contribution in [0.25, 0.3) is 0 Å². The summed E-state index contributed by atoms with van der Waals surface area (Å²) >= 11 is 0. The zero-order valence-electron chi connectivity index (χ0n) is 9.33. The Morgan fingerprint density at radius 3 is 2.27 bits per heavy atom. The van der Waals surface area contributed by atoms with Crippen LogP contribution in [0.5, 0.6) is 0 Å². The Morgan fingerprint density at radius 1 is 0.800 bits per heavy atom. The second-order valence-corrected chi connectivity index (χ2v) is 5.95. The van der Waals surface area contributed by atoms with Gasteiger partial charge in [0.05, 0.1) is 9.52 Å². The van der Waals surface area contributed by atoms with Gasteiger partial charge in [0.2, 0.25) is 0 Å². The molecular formula is C14H16Si. The summed E-state index contributed by atoms with van der Waals surface area (Å²) in [6.45, 7) is 4.43. The van der Waals surface area contributed by atoms with E-state index in [1.807, 2.05) is 0 Å². The van der Waals surface area contributed by atoms with Crippen molar-refractivity contribution < 1.29 is 0 Å². The first-order valence-corrected chi connectivity index (χ1v) is 6.78. The summed E-state index contributed by atoms with van der Waals surface area (Å²) in [6, 6.07) is 17.5. The van der Waals surface area contributed by atoms with Crippen LogP contribution in [-0.4, -0.2) is 9.52 Å². The minimum atomic E-state index is -0.284. The lowest BCUT2D eigenvalue weighted by atomic mass is 10.1. The third kappa shape index (κ3) is 2.36. The molecule has 0 spiro atoms. The van der Waals surface area contributed by atoms with Crippen molar-refractivity contribution in [3.05, 3.63) is 59.7 Å². The Morgan fingerprint density at radius 2 is 1.53 bits per heavy atom. The molecule has 0 nitrogen and oxygen atoms in total. The summed E-state index contributed by atoms with van der Waals surface area (Å²) in [7, 11) is -0.284. The highest BCUT2D eigenvalue weighted by molar-refractivity contribution is 6.67. The Bertz CT molecular complexity index is 446. The van der Waals surface area contributed by atoms with E-state index in [-0.39, 0.29) is 9.52 Å². The largest absolute Gasteiger partial charge is 0.0878 e. The van der Waals surface area contributed by atoms with Gasteiger partial charge in [-0.3, -0.25) is 0 Å². The fourth-order valence-corrected chi connectivity index (χ4v) is 3.56. The fraction of sp³-hybridized carbons (Fsp3) is 0.143. The van der Waals surface area contributed by atoms with Crippen molar-refractivity contribution in [1.29, 1.82) is 0 Å². The van der Waals surface area contributed by atoms with Crippen molar-refractivity contribution in [2.24, 2.45) is 0 Å². The smallest absolute Gasteiger partial charge is 0.0633 e. The van der Waals surface area contributed by atoms with Crippen LogP contribution in [0.15, 0.2) is 48.5 Å². The first-order chi connectivity index (χ1) is 7.27. The van der Waals surface area contributed by atoms with Gasteiger partial charge in [-0.15, -0.1) is 0 Å². The highest BCUT2D eigenvalue weighted by Gasteiger charge is 2.01. The standard InChI is InChI=1S/C14H16Si/c1-11-7-6-10-14(12(11)2)15-13-8-4-3-5-9-13/h3-10H,15H2,1-2H3. The molecule has 2 aromatic rings. The second kappa shape index (κ2) is 4.45. The molecule has 0 fully saturated rings. The summed E-state index contributed by atoms with van der Waals surface area (Å²) in [5.41, 5.74) is 2.89. The monoisotopic (exact) mass is 212 g/mol. The molecule has 0 atom stereocenters. The van der Waals surface area contributed by atoms with E-state index in [9.17, 15) is 0 Å². The topological polar surface area (TPSA) is 0 Å². The molecule has 0 heterocycles. The van der Waals surface area contributed by atoms with E-state index >= 15 is 0 Å². The molecule has 15 heavy (non-hydrogen) atoms. The summed E-state index contributed by atoms with van der Waals surface area (Å²) in [5.74, 6) is 0. The van der Waals surface area contributed by atoms with Gasteiger partial charge in [-0.25, -0.2) is 0 Å². The molecule has 0 aliphatic rings. The van der Waals surface area contributed by atoms with E-state index in [1.54, 1.807) is 5.19 Å². The molecule has 1 heteroatoms. The van der Waals surface area contributed by atoms with Crippen LogP contribution >= 0.6 is 0 Å². The van der Waals surface area contributed by atoms with Crippen LogP contribution in [0.3, 0.4) is 0 Å². The summed E-state index contributed by atoms with van der Waals surface area (Å²) in [5, 5.41) is 3.09. The molecule has 0 saturated carbocycles. The predicted molar refractivity (Wildman–Crippen MR) is 70.2 cm³/mol. The minimum absolute atomic E-state index is 0.284. The van der Waals surface area contributed by atoms with Crippen molar-refractivity contribution in [1.82, 2.24) is 0 Å². The van der Waals surface area contributed by atoms with Gasteiger partial charge in [0.25, 0.3) is 0 Å². The SMILES string of the molecule is Cc1cccc([SiH2]c2ccccc2)c1C. The average Bonchev–Trinajstić information content (AvgIpc) is 2.26. The van der Waals surface area contributed by atoms with E-state index in [0.717, 1.165) is 0 Å². The summed E-state index contributed by atoms with van der Waals surface area (Å²) in [4.78, 5) is 0. The Balaban J connectivity index is 2.29. The summed E-state index contributed by atoms with van der Waals surface area (Å²) < 4.78 is 0. The van der Waals surface area contributed by atoms with Crippen LogP contribution in [0.2, 0.25) is 0 Å². The lowest BCUT2D eigenvalue weighted by Crippen LogP contribution is -2.29. The van der Waals surface area contributed by atoms with E-state index < -0.39 is 0 Å². The van der Waals surface area contributed by atoms with Gasteiger partial charge in [-0.05, 0) is 25.0 Å². The number of rotatable bonds is 2. The van der Waals surface area contributed by atoms with Gasteiger partial charge in [-0.2, -0.15) is 0 Å². The van der Waals surface area contributed by atoms with Crippen LogP contribution in [0, 0.1) is 13.8 Å². The number of hydrogen-bond donors (Lipinski definition) is 0. The molecular weight excluding hydrogens is 196 g/mol. The molecule has 0 amide bonds. The normalized spacial score (nSPS) is 11.1. The Kier molecular flexibility index (Phi) is 3.02. The highest BCUT2D eigenvalue weighted by atomic mass is 28.2. The molecule has 0 aromatic heterocycles. The van der Waals surface area contributed by atoms with Crippen LogP contribution in [-0.2, 0) is 0 Å². The maximum Gasteiger partial charge on any atom is 0.0878 e. The first kappa shape index (κ1) is 10.2. The Labute approximate surface area is 93.8 Å². The van der Waals surface area contributed by atoms with Gasteiger partial charge < -0.3 is 0 Å². The van der Waals surface area contributed by atoms with Crippen LogP contribution in [0.4, 0.5) is 0 Å². The Hall–Kier alpha value is -1.34. The van der Waals surface area contributed by atoms with E-state index in [4.69, 9.17) is 0 Å². The molecule has 0 bridgehead atoms. The third-order valence-corrected chi connectivity index (χ3v) is 4.98. The van der Waals surface area contributed by atoms with Gasteiger partial charge >= 0.3 is 0 Å². The molecule has 2 aromatic carbocycles. The zero-order chi connectivity index (χ0) is 10.7. The van der Waals surface area contributed by atoms with Gasteiger partial charge in [0.1, 0.15) is 0 Å². The van der Waals surface area contributed by atoms with Crippen LogP contribution < -0.4 is 10.4 Å². The van der Waals surface area contributed by atoms with Crippen molar-refractivity contribution in [3.63, 3.8) is 0 Å². The molecule has 76 valence electrons.